The summed E-state index contributed by atoms with van der Waals surface area (Å²) in [5.74, 6) is 2.39. The van der Waals surface area contributed by atoms with Gasteiger partial charge in [0.05, 0.1) is 6.61 Å². The highest BCUT2D eigenvalue weighted by Gasteiger charge is 2.00. The Morgan fingerprint density at radius 2 is 1.86 bits per heavy atom. The van der Waals surface area contributed by atoms with Crippen molar-refractivity contribution < 1.29 is 9.47 Å². The second kappa shape index (κ2) is 10.9. The van der Waals surface area contributed by atoms with Crippen molar-refractivity contribution in [1.29, 1.82) is 0 Å². The summed E-state index contributed by atoms with van der Waals surface area (Å²) in [7, 11) is 3.46. The first-order chi connectivity index (χ1) is 10.7. The number of ether oxygens (including phenoxy) is 2. The Hall–Kier alpha value is -1.75. The molecular formula is C17H29N3O2. The van der Waals surface area contributed by atoms with E-state index in [1.807, 2.05) is 12.1 Å². The highest BCUT2D eigenvalue weighted by atomic mass is 16.5. The molecular weight excluding hydrogens is 278 g/mol. The molecule has 0 saturated heterocycles. The SMILES string of the molecule is CN=C(NCCC(C)C)NCc1ccc(OCCOC)cc1. The molecule has 1 rings (SSSR count). The van der Waals surface area contributed by atoms with Gasteiger partial charge in [-0.05, 0) is 30.0 Å². The number of guanidine groups is 1. The van der Waals surface area contributed by atoms with Gasteiger partial charge in [-0.2, -0.15) is 0 Å². The minimum atomic E-state index is 0.570. The minimum absolute atomic E-state index is 0.570. The Morgan fingerprint density at radius 3 is 2.45 bits per heavy atom. The minimum Gasteiger partial charge on any atom is -0.491 e. The zero-order valence-corrected chi connectivity index (χ0v) is 14.2. The number of benzene rings is 1. The molecule has 0 spiro atoms. The van der Waals surface area contributed by atoms with E-state index in [2.05, 4.69) is 41.6 Å². The molecule has 0 aliphatic heterocycles. The van der Waals surface area contributed by atoms with Crippen LogP contribution in [0.2, 0.25) is 0 Å². The molecule has 0 amide bonds. The summed E-state index contributed by atoms with van der Waals surface area (Å²) in [4.78, 5) is 4.22. The van der Waals surface area contributed by atoms with Gasteiger partial charge in [0.1, 0.15) is 12.4 Å². The second-order valence-corrected chi connectivity index (χ2v) is 5.52. The third-order valence-corrected chi connectivity index (χ3v) is 3.18. The monoisotopic (exact) mass is 307 g/mol. The van der Waals surface area contributed by atoms with E-state index in [0.717, 1.165) is 31.2 Å². The summed E-state index contributed by atoms with van der Waals surface area (Å²) in [5, 5.41) is 6.63. The summed E-state index contributed by atoms with van der Waals surface area (Å²) in [5.41, 5.74) is 1.19. The van der Waals surface area contributed by atoms with Gasteiger partial charge in [-0.25, -0.2) is 0 Å². The van der Waals surface area contributed by atoms with Gasteiger partial charge in [0, 0.05) is 27.2 Å². The van der Waals surface area contributed by atoms with Crippen LogP contribution in [0.5, 0.6) is 5.75 Å². The third-order valence-electron chi connectivity index (χ3n) is 3.18. The summed E-state index contributed by atoms with van der Waals surface area (Å²) >= 11 is 0. The highest BCUT2D eigenvalue weighted by molar-refractivity contribution is 5.79. The number of methoxy groups -OCH3 is 1. The first kappa shape index (κ1) is 18.3. The van der Waals surface area contributed by atoms with Crippen molar-refractivity contribution >= 4 is 5.96 Å². The highest BCUT2D eigenvalue weighted by Crippen LogP contribution is 2.11. The van der Waals surface area contributed by atoms with E-state index in [1.165, 1.54) is 5.56 Å². The first-order valence-corrected chi connectivity index (χ1v) is 7.81. The fourth-order valence-corrected chi connectivity index (χ4v) is 1.83. The van der Waals surface area contributed by atoms with Crippen LogP contribution in [0.1, 0.15) is 25.8 Å². The van der Waals surface area contributed by atoms with Gasteiger partial charge in [-0.1, -0.05) is 26.0 Å². The van der Waals surface area contributed by atoms with Crippen LogP contribution >= 0.6 is 0 Å². The second-order valence-electron chi connectivity index (χ2n) is 5.52. The van der Waals surface area contributed by atoms with Crippen LogP contribution in [0.3, 0.4) is 0 Å². The lowest BCUT2D eigenvalue weighted by Gasteiger charge is -2.13. The first-order valence-electron chi connectivity index (χ1n) is 7.81. The third kappa shape index (κ3) is 7.88. The molecule has 0 bridgehead atoms. The largest absolute Gasteiger partial charge is 0.491 e. The maximum atomic E-state index is 5.54. The summed E-state index contributed by atoms with van der Waals surface area (Å²) in [6.45, 7) is 7.27. The lowest BCUT2D eigenvalue weighted by molar-refractivity contribution is 0.146. The zero-order valence-electron chi connectivity index (χ0n) is 14.2. The predicted octanol–water partition coefficient (Wildman–Crippen LogP) is 2.42. The number of nitrogens with one attached hydrogen (secondary N) is 2. The molecule has 5 heteroatoms. The molecule has 1 aromatic rings. The van der Waals surface area contributed by atoms with Crippen LogP contribution in [0.4, 0.5) is 0 Å². The van der Waals surface area contributed by atoms with Gasteiger partial charge in [0.25, 0.3) is 0 Å². The van der Waals surface area contributed by atoms with Crippen molar-refractivity contribution in [1.82, 2.24) is 10.6 Å². The molecule has 22 heavy (non-hydrogen) atoms. The van der Waals surface area contributed by atoms with Crippen molar-refractivity contribution in [2.75, 3.05) is 33.9 Å². The van der Waals surface area contributed by atoms with E-state index in [-0.39, 0.29) is 0 Å². The van der Waals surface area contributed by atoms with Crippen LogP contribution in [0.15, 0.2) is 29.3 Å². The van der Waals surface area contributed by atoms with Crippen LogP contribution in [-0.2, 0) is 11.3 Å². The van der Waals surface area contributed by atoms with Crippen molar-refractivity contribution in [3.63, 3.8) is 0 Å². The summed E-state index contributed by atoms with van der Waals surface area (Å²) < 4.78 is 10.5. The molecule has 0 saturated carbocycles. The Kier molecular flexibility index (Phi) is 9.07. The van der Waals surface area contributed by atoms with Gasteiger partial charge < -0.3 is 20.1 Å². The number of hydrogen-bond donors (Lipinski definition) is 2. The Bertz CT molecular complexity index is 430. The molecule has 0 atom stereocenters. The molecule has 0 aliphatic carbocycles. The van der Waals surface area contributed by atoms with Gasteiger partial charge in [0.15, 0.2) is 5.96 Å². The number of nitrogens with zero attached hydrogens (tertiary/aromatic N) is 1. The molecule has 5 nitrogen and oxygen atoms in total. The van der Waals surface area contributed by atoms with Gasteiger partial charge >= 0.3 is 0 Å². The fourth-order valence-electron chi connectivity index (χ4n) is 1.83. The van der Waals surface area contributed by atoms with Crippen LogP contribution in [0, 0.1) is 5.92 Å². The lowest BCUT2D eigenvalue weighted by Crippen LogP contribution is -2.37. The molecule has 124 valence electrons. The van der Waals surface area contributed by atoms with Gasteiger partial charge in [-0.15, -0.1) is 0 Å². The Morgan fingerprint density at radius 1 is 1.14 bits per heavy atom. The molecule has 2 N–H and O–H groups in total. The van der Waals surface area contributed by atoms with E-state index in [1.54, 1.807) is 14.2 Å². The van der Waals surface area contributed by atoms with Crippen LogP contribution < -0.4 is 15.4 Å². The van der Waals surface area contributed by atoms with Crippen molar-refractivity contribution in [2.45, 2.75) is 26.8 Å². The molecule has 0 aliphatic rings. The molecule has 0 unspecified atom stereocenters. The topological polar surface area (TPSA) is 54.9 Å². The number of aliphatic imine (C=N–C) groups is 1. The van der Waals surface area contributed by atoms with E-state index < -0.39 is 0 Å². The van der Waals surface area contributed by atoms with E-state index >= 15 is 0 Å². The molecule has 0 aromatic heterocycles. The van der Waals surface area contributed by atoms with Crippen molar-refractivity contribution in [2.24, 2.45) is 10.9 Å². The zero-order chi connectivity index (χ0) is 16.2. The predicted molar refractivity (Wildman–Crippen MR) is 91.5 cm³/mol. The lowest BCUT2D eigenvalue weighted by atomic mass is 10.1. The van der Waals surface area contributed by atoms with E-state index in [0.29, 0.717) is 19.1 Å². The fraction of sp³-hybridized carbons (Fsp3) is 0.588. The molecule has 1 aromatic carbocycles. The Balaban J connectivity index is 2.33. The van der Waals surface area contributed by atoms with Crippen molar-refractivity contribution in [3.8, 4) is 5.75 Å². The summed E-state index contributed by atoms with van der Waals surface area (Å²) in [6.07, 6.45) is 1.13. The average Bonchev–Trinajstić information content (AvgIpc) is 2.52. The van der Waals surface area contributed by atoms with Crippen LogP contribution in [0.25, 0.3) is 0 Å². The van der Waals surface area contributed by atoms with Crippen LogP contribution in [-0.4, -0.2) is 39.9 Å². The van der Waals surface area contributed by atoms with E-state index in [4.69, 9.17) is 9.47 Å². The average molecular weight is 307 g/mol. The van der Waals surface area contributed by atoms with Gasteiger partial charge in [-0.3, -0.25) is 4.99 Å². The van der Waals surface area contributed by atoms with E-state index in [9.17, 15) is 0 Å². The Labute approximate surface area is 134 Å². The normalized spacial score (nSPS) is 11.6. The molecule has 0 heterocycles. The molecule has 0 fully saturated rings. The van der Waals surface area contributed by atoms with Gasteiger partial charge in [0.2, 0.25) is 0 Å². The summed E-state index contributed by atoms with van der Waals surface area (Å²) in [6, 6.07) is 8.05. The quantitative estimate of drug-likeness (QED) is 0.418. The number of hydrogen-bond acceptors (Lipinski definition) is 3. The van der Waals surface area contributed by atoms with Crippen molar-refractivity contribution in [3.05, 3.63) is 29.8 Å². The maximum absolute atomic E-state index is 5.54. The molecule has 0 radical (unpaired) electrons. The maximum Gasteiger partial charge on any atom is 0.191 e. The smallest absolute Gasteiger partial charge is 0.191 e. The standard InChI is InChI=1S/C17H29N3O2/c1-14(2)9-10-19-17(18-3)20-13-15-5-7-16(8-6-15)22-12-11-21-4/h5-8,14H,9-13H2,1-4H3,(H2,18,19,20). The number of rotatable bonds is 9.